The van der Waals surface area contributed by atoms with Crippen LogP contribution in [0.15, 0.2) is 60.7 Å². The topological polar surface area (TPSA) is 37.4 Å². The smallest absolute Gasteiger partial charge is 0.219 e. The predicted octanol–water partition coefficient (Wildman–Crippen LogP) is 3.13. The lowest BCUT2D eigenvalue weighted by Gasteiger charge is -2.23. The van der Waals surface area contributed by atoms with Gasteiger partial charge in [-0.05, 0) is 5.56 Å². The van der Waals surface area contributed by atoms with Crippen molar-refractivity contribution in [2.75, 3.05) is 13.6 Å². The first-order valence-corrected chi connectivity index (χ1v) is 6.95. The van der Waals surface area contributed by atoms with Gasteiger partial charge in [-0.1, -0.05) is 60.7 Å². The Labute approximate surface area is 125 Å². The zero-order chi connectivity index (χ0) is 15.2. The second-order valence-electron chi connectivity index (χ2n) is 5.09. The summed E-state index contributed by atoms with van der Waals surface area (Å²) in [6, 6.07) is 18.8. The summed E-state index contributed by atoms with van der Waals surface area (Å²) in [5, 5.41) is 0. The molecule has 21 heavy (non-hydrogen) atoms. The third-order valence-corrected chi connectivity index (χ3v) is 3.57. The van der Waals surface area contributed by atoms with E-state index in [2.05, 4.69) is 0 Å². The quantitative estimate of drug-likeness (QED) is 0.790. The maximum Gasteiger partial charge on any atom is 0.219 e. The summed E-state index contributed by atoms with van der Waals surface area (Å²) in [6.07, 6.45) is 0. The van der Waals surface area contributed by atoms with Crippen molar-refractivity contribution in [3.63, 3.8) is 0 Å². The monoisotopic (exact) mass is 281 g/mol. The number of rotatable bonds is 5. The number of hydrogen-bond donors (Lipinski definition) is 0. The molecule has 1 unspecified atom stereocenters. The summed E-state index contributed by atoms with van der Waals surface area (Å²) in [5.74, 6) is -0.353. The van der Waals surface area contributed by atoms with Crippen LogP contribution in [-0.2, 0) is 4.79 Å². The van der Waals surface area contributed by atoms with Crippen LogP contribution in [0.5, 0.6) is 0 Å². The Morgan fingerprint density at radius 1 is 0.952 bits per heavy atom. The van der Waals surface area contributed by atoms with E-state index in [1.54, 1.807) is 11.9 Å². The summed E-state index contributed by atoms with van der Waals surface area (Å²) < 4.78 is 0. The highest BCUT2D eigenvalue weighted by molar-refractivity contribution is 6.01. The van der Waals surface area contributed by atoms with E-state index in [1.807, 2.05) is 60.7 Å². The summed E-state index contributed by atoms with van der Waals surface area (Å²) >= 11 is 0. The minimum Gasteiger partial charge on any atom is -0.345 e. The molecule has 0 N–H and O–H groups in total. The van der Waals surface area contributed by atoms with Crippen molar-refractivity contribution in [1.82, 2.24) is 4.90 Å². The molecule has 0 aliphatic heterocycles. The third-order valence-electron chi connectivity index (χ3n) is 3.57. The van der Waals surface area contributed by atoms with Gasteiger partial charge in [0.1, 0.15) is 0 Å². The fourth-order valence-corrected chi connectivity index (χ4v) is 2.23. The van der Waals surface area contributed by atoms with E-state index in [1.165, 1.54) is 6.92 Å². The van der Waals surface area contributed by atoms with Gasteiger partial charge in [0, 0.05) is 26.1 Å². The Balaban J connectivity index is 2.32. The zero-order valence-corrected chi connectivity index (χ0v) is 12.3. The molecular formula is C18H19NO2. The van der Waals surface area contributed by atoms with Crippen molar-refractivity contribution in [2.24, 2.45) is 0 Å². The van der Waals surface area contributed by atoms with Crippen LogP contribution in [0.2, 0.25) is 0 Å². The molecule has 0 saturated heterocycles. The van der Waals surface area contributed by atoms with Crippen molar-refractivity contribution in [1.29, 1.82) is 0 Å². The molecule has 0 aromatic heterocycles. The molecule has 2 aromatic carbocycles. The molecule has 108 valence electrons. The van der Waals surface area contributed by atoms with E-state index < -0.39 is 0 Å². The van der Waals surface area contributed by atoms with E-state index in [-0.39, 0.29) is 17.6 Å². The highest BCUT2D eigenvalue weighted by Crippen LogP contribution is 2.22. The van der Waals surface area contributed by atoms with Crippen LogP contribution in [0.25, 0.3) is 0 Å². The average molecular weight is 281 g/mol. The summed E-state index contributed by atoms with van der Waals surface area (Å²) in [7, 11) is 1.72. The van der Waals surface area contributed by atoms with Gasteiger partial charge in [0.25, 0.3) is 0 Å². The van der Waals surface area contributed by atoms with Crippen molar-refractivity contribution < 1.29 is 9.59 Å². The first-order valence-electron chi connectivity index (χ1n) is 6.95. The number of ketones is 1. The molecule has 0 aliphatic rings. The number of amides is 1. The molecule has 3 nitrogen and oxygen atoms in total. The number of Topliss-reactive ketones (excluding diaryl/α,β-unsaturated/α-hetero) is 1. The second-order valence-corrected chi connectivity index (χ2v) is 5.09. The normalized spacial score (nSPS) is 11.7. The molecule has 0 aliphatic carbocycles. The summed E-state index contributed by atoms with van der Waals surface area (Å²) in [5.41, 5.74) is 1.60. The molecule has 3 heteroatoms. The molecular weight excluding hydrogens is 262 g/mol. The van der Waals surface area contributed by atoms with Crippen LogP contribution in [0.4, 0.5) is 0 Å². The van der Waals surface area contributed by atoms with E-state index in [4.69, 9.17) is 0 Å². The van der Waals surface area contributed by atoms with Crippen molar-refractivity contribution >= 4 is 11.7 Å². The molecule has 0 heterocycles. The SMILES string of the molecule is CC(=O)N(C)CC(C(=O)c1ccccc1)c1ccccc1. The maximum absolute atomic E-state index is 12.8. The van der Waals surface area contributed by atoms with Crippen LogP contribution >= 0.6 is 0 Å². The van der Waals surface area contributed by atoms with Crippen molar-refractivity contribution in [3.05, 3.63) is 71.8 Å². The van der Waals surface area contributed by atoms with Crippen LogP contribution in [0, 0.1) is 0 Å². The summed E-state index contributed by atoms with van der Waals surface area (Å²) in [4.78, 5) is 25.8. The molecule has 1 amide bonds. The van der Waals surface area contributed by atoms with Gasteiger partial charge in [0.2, 0.25) is 5.91 Å². The maximum atomic E-state index is 12.8. The van der Waals surface area contributed by atoms with Gasteiger partial charge in [0.05, 0.1) is 5.92 Å². The molecule has 1 atom stereocenters. The third kappa shape index (κ3) is 3.78. The van der Waals surface area contributed by atoms with Gasteiger partial charge in [-0.25, -0.2) is 0 Å². The Kier molecular flexibility index (Phi) is 4.88. The van der Waals surface area contributed by atoms with Crippen LogP contribution in [0.3, 0.4) is 0 Å². The minimum atomic E-state index is -0.345. The molecule has 2 aromatic rings. The summed E-state index contributed by atoms with van der Waals surface area (Å²) in [6.45, 7) is 1.89. The zero-order valence-electron chi connectivity index (χ0n) is 12.3. The fraction of sp³-hybridized carbons (Fsp3) is 0.222. The average Bonchev–Trinajstić information content (AvgIpc) is 2.53. The molecule has 0 saturated carbocycles. The Morgan fingerprint density at radius 3 is 2.00 bits per heavy atom. The van der Waals surface area contributed by atoms with Crippen LogP contribution < -0.4 is 0 Å². The molecule has 2 rings (SSSR count). The predicted molar refractivity (Wildman–Crippen MR) is 83.3 cm³/mol. The van der Waals surface area contributed by atoms with E-state index in [0.717, 1.165) is 5.56 Å². The van der Waals surface area contributed by atoms with Crippen molar-refractivity contribution in [3.8, 4) is 0 Å². The fourth-order valence-electron chi connectivity index (χ4n) is 2.23. The van der Waals surface area contributed by atoms with Crippen molar-refractivity contribution in [2.45, 2.75) is 12.8 Å². The first-order chi connectivity index (χ1) is 10.1. The number of hydrogen-bond acceptors (Lipinski definition) is 2. The van der Waals surface area contributed by atoms with Gasteiger partial charge in [-0.3, -0.25) is 9.59 Å². The van der Waals surface area contributed by atoms with Gasteiger partial charge in [0.15, 0.2) is 5.78 Å². The number of carbonyl (C=O) groups excluding carboxylic acids is 2. The van der Waals surface area contributed by atoms with Gasteiger partial charge in [-0.2, -0.15) is 0 Å². The lowest BCUT2D eigenvalue weighted by Crippen LogP contribution is -2.32. The minimum absolute atomic E-state index is 0.0369. The Morgan fingerprint density at radius 2 is 1.48 bits per heavy atom. The largest absolute Gasteiger partial charge is 0.345 e. The van der Waals surface area contributed by atoms with E-state index in [0.29, 0.717) is 12.1 Å². The van der Waals surface area contributed by atoms with Crippen LogP contribution in [0.1, 0.15) is 28.8 Å². The Hall–Kier alpha value is -2.42. The second kappa shape index (κ2) is 6.84. The van der Waals surface area contributed by atoms with Gasteiger partial charge >= 0.3 is 0 Å². The molecule has 0 fully saturated rings. The van der Waals surface area contributed by atoms with Gasteiger partial charge < -0.3 is 4.90 Å². The molecule has 0 bridgehead atoms. The van der Waals surface area contributed by atoms with Crippen LogP contribution in [-0.4, -0.2) is 30.2 Å². The molecule has 0 spiro atoms. The van der Waals surface area contributed by atoms with E-state index in [9.17, 15) is 9.59 Å². The highest BCUT2D eigenvalue weighted by Gasteiger charge is 2.24. The molecule has 0 radical (unpaired) electrons. The van der Waals surface area contributed by atoms with Gasteiger partial charge in [-0.15, -0.1) is 0 Å². The number of nitrogens with zero attached hydrogens (tertiary/aromatic N) is 1. The highest BCUT2D eigenvalue weighted by atomic mass is 16.2. The standard InChI is InChI=1S/C18H19NO2/c1-14(20)19(2)13-17(15-9-5-3-6-10-15)18(21)16-11-7-4-8-12-16/h3-12,17H,13H2,1-2H3. The lowest BCUT2D eigenvalue weighted by atomic mass is 9.90. The van der Waals surface area contributed by atoms with E-state index >= 15 is 0 Å². The number of benzene rings is 2. The number of carbonyl (C=O) groups is 2. The Bertz CT molecular complexity index is 608. The first kappa shape index (κ1) is 15.0. The number of likely N-dealkylation sites (N-methyl/N-ethyl adjacent to an activating group) is 1. The lowest BCUT2D eigenvalue weighted by molar-refractivity contribution is -0.127.